The normalized spacial score (nSPS) is 10.4. The molecule has 2 rings (SSSR count). The zero-order chi connectivity index (χ0) is 16.4. The molecule has 0 saturated carbocycles. The summed E-state index contributed by atoms with van der Waals surface area (Å²) >= 11 is 10.9. The molecule has 0 aromatic heterocycles. The zero-order valence-corrected chi connectivity index (χ0v) is 12.1. The maximum absolute atomic E-state index is 13.8. The van der Waals surface area contributed by atoms with Gasteiger partial charge in [0.15, 0.2) is 11.6 Å². The number of halogens is 6. The lowest BCUT2D eigenvalue weighted by molar-refractivity contribution is 0.296. The van der Waals surface area contributed by atoms with Crippen molar-refractivity contribution < 1.29 is 22.3 Å². The van der Waals surface area contributed by atoms with E-state index in [1.165, 1.54) is 6.07 Å². The van der Waals surface area contributed by atoms with Gasteiger partial charge < -0.3 is 4.74 Å². The third-order valence-corrected chi connectivity index (χ3v) is 3.43. The van der Waals surface area contributed by atoms with Crippen molar-refractivity contribution in [2.24, 2.45) is 0 Å². The summed E-state index contributed by atoms with van der Waals surface area (Å²) in [6.07, 6.45) is 0. The summed E-state index contributed by atoms with van der Waals surface area (Å²) < 4.78 is 58.8. The largest absolute Gasteiger partial charge is 0.487 e. The second-order valence-corrected chi connectivity index (χ2v) is 4.85. The average Bonchev–Trinajstić information content (AvgIpc) is 2.49. The maximum Gasteiger partial charge on any atom is 0.167 e. The Balaban J connectivity index is 2.31. The van der Waals surface area contributed by atoms with E-state index in [2.05, 4.69) is 0 Å². The van der Waals surface area contributed by atoms with E-state index >= 15 is 0 Å². The Bertz CT molecular complexity index is 790. The Hall–Kier alpha value is -1.97. The number of nitriles is 1. The molecule has 22 heavy (non-hydrogen) atoms. The number of benzene rings is 2. The molecule has 2 aromatic carbocycles. The van der Waals surface area contributed by atoms with E-state index in [0.29, 0.717) is 0 Å². The Morgan fingerprint density at radius 3 is 2.32 bits per heavy atom. The molecule has 0 spiro atoms. The van der Waals surface area contributed by atoms with Crippen LogP contribution < -0.4 is 4.74 Å². The summed E-state index contributed by atoms with van der Waals surface area (Å²) in [7, 11) is 0. The van der Waals surface area contributed by atoms with E-state index in [-0.39, 0.29) is 5.56 Å². The van der Waals surface area contributed by atoms with Crippen molar-refractivity contribution in [3.63, 3.8) is 0 Å². The van der Waals surface area contributed by atoms with Crippen LogP contribution in [0.15, 0.2) is 18.2 Å². The molecule has 0 heterocycles. The molecule has 0 atom stereocenters. The van der Waals surface area contributed by atoms with Gasteiger partial charge in [-0.05, 0) is 12.1 Å². The van der Waals surface area contributed by atoms with Gasteiger partial charge in [0.25, 0.3) is 0 Å². The number of hydrogen-bond donors (Lipinski definition) is 0. The van der Waals surface area contributed by atoms with Gasteiger partial charge in [-0.25, -0.2) is 17.6 Å². The van der Waals surface area contributed by atoms with Gasteiger partial charge in [-0.1, -0.05) is 23.2 Å². The highest BCUT2D eigenvalue weighted by molar-refractivity contribution is 6.35. The number of hydrogen-bond acceptors (Lipinski definition) is 2. The standard InChI is InChI=1S/C14H5Cl2F4NO/c15-11-9(18)3-10(12(16)14(11)20)22-5-6-1-2-8(17)7(4-21)13(6)19/h1-3H,5H2. The lowest BCUT2D eigenvalue weighted by atomic mass is 10.1. The van der Waals surface area contributed by atoms with Crippen LogP contribution in [0.4, 0.5) is 17.6 Å². The van der Waals surface area contributed by atoms with Crippen molar-refractivity contribution in [2.75, 3.05) is 0 Å². The summed E-state index contributed by atoms with van der Waals surface area (Å²) in [5, 5.41) is 7.28. The van der Waals surface area contributed by atoms with Gasteiger partial charge in [-0.3, -0.25) is 0 Å². The van der Waals surface area contributed by atoms with E-state index < -0.39 is 51.2 Å². The van der Waals surface area contributed by atoms with Gasteiger partial charge in [-0.15, -0.1) is 0 Å². The minimum absolute atomic E-state index is 0.176. The minimum Gasteiger partial charge on any atom is -0.487 e. The van der Waals surface area contributed by atoms with Crippen LogP contribution in [0, 0.1) is 34.6 Å². The number of nitrogens with zero attached hydrogens (tertiary/aromatic N) is 1. The number of rotatable bonds is 3. The zero-order valence-electron chi connectivity index (χ0n) is 10.6. The van der Waals surface area contributed by atoms with Gasteiger partial charge in [0, 0.05) is 11.6 Å². The van der Waals surface area contributed by atoms with E-state index in [4.69, 9.17) is 33.2 Å². The smallest absolute Gasteiger partial charge is 0.167 e. The molecule has 8 heteroatoms. The van der Waals surface area contributed by atoms with Gasteiger partial charge in [-0.2, -0.15) is 5.26 Å². The first-order valence-corrected chi connectivity index (χ1v) is 6.45. The third-order valence-electron chi connectivity index (χ3n) is 2.74. The number of ether oxygens (including phenoxy) is 1. The van der Waals surface area contributed by atoms with Crippen LogP contribution in [0.3, 0.4) is 0 Å². The molecular formula is C14H5Cl2F4NO. The van der Waals surface area contributed by atoms with Crippen LogP contribution in [0.5, 0.6) is 5.75 Å². The van der Waals surface area contributed by atoms with Crippen LogP contribution in [0.1, 0.15) is 11.1 Å². The van der Waals surface area contributed by atoms with Crippen LogP contribution in [-0.4, -0.2) is 0 Å². The molecule has 2 aromatic rings. The average molecular weight is 350 g/mol. The SMILES string of the molecule is N#Cc1c(F)ccc(COc2cc(F)c(Cl)c(F)c2Cl)c1F. The molecule has 114 valence electrons. The van der Waals surface area contributed by atoms with Crippen molar-refractivity contribution in [1.29, 1.82) is 5.26 Å². The molecule has 0 unspecified atom stereocenters. The van der Waals surface area contributed by atoms with Crippen molar-refractivity contribution in [1.82, 2.24) is 0 Å². The molecule has 0 N–H and O–H groups in total. The van der Waals surface area contributed by atoms with Crippen LogP contribution in [-0.2, 0) is 6.61 Å². The lowest BCUT2D eigenvalue weighted by Gasteiger charge is -2.11. The van der Waals surface area contributed by atoms with Crippen molar-refractivity contribution in [3.05, 3.63) is 62.6 Å². The Labute approximate surface area is 132 Å². The van der Waals surface area contributed by atoms with Gasteiger partial charge in [0.05, 0.1) is 0 Å². The highest BCUT2D eigenvalue weighted by Crippen LogP contribution is 2.34. The van der Waals surface area contributed by atoms with Crippen LogP contribution in [0.2, 0.25) is 10.0 Å². The molecule has 0 fully saturated rings. The molecule has 0 aliphatic carbocycles. The molecule has 0 bridgehead atoms. The Morgan fingerprint density at radius 1 is 1.00 bits per heavy atom. The molecule has 0 radical (unpaired) electrons. The molecular weight excluding hydrogens is 345 g/mol. The van der Waals surface area contributed by atoms with E-state index in [1.807, 2.05) is 0 Å². The van der Waals surface area contributed by atoms with E-state index in [0.717, 1.165) is 18.2 Å². The van der Waals surface area contributed by atoms with Gasteiger partial charge in [0.1, 0.15) is 45.7 Å². The highest BCUT2D eigenvalue weighted by atomic mass is 35.5. The van der Waals surface area contributed by atoms with Crippen molar-refractivity contribution in [2.45, 2.75) is 6.61 Å². The molecule has 0 aliphatic rings. The quantitative estimate of drug-likeness (QED) is 0.443. The van der Waals surface area contributed by atoms with Crippen LogP contribution in [0.25, 0.3) is 0 Å². The second-order valence-electron chi connectivity index (χ2n) is 4.09. The monoisotopic (exact) mass is 349 g/mol. The highest BCUT2D eigenvalue weighted by Gasteiger charge is 2.18. The fraction of sp³-hybridized carbons (Fsp3) is 0.0714. The van der Waals surface area contributed by atoms with Gasteiger partial charge >= 0.3 is 0 Å². The van der Waals surface area contributed by atoms with Crippen LogP contribution >= 0.6 is 23.2 Å². The lowest BCUT2D eigenvalue weighted by Crippen LogP contribution is -2.03. The maximum atomic E-state index is 13.8. The predicted octanol–water partition coefficient (Wildman–Crippen LogP) is 5.00. The first-order valence-electron chi connectivity index (χ1n) is 5.69. The summed E-state index contributed by atoms with van der Waals surface area (Å²) in [5.41, 5.74) is -0.953. The van der Waals surface area contributed by atoms with Gasteiger partial charge in [0.2, 0.25) is 0 Å². The van der Waals surface area contributed by atoms with E-state index in [9.17, 15) is 17.6 Å². The summed E-state index contributed by atoms with van der Waals surface area (Å²) in [4.78, 5) is 0. The fourth-order valence-electron chi connectivity index (χ4n) is 1.62. The predicted molar refractivity (Wildman–Crippen MR) is 71.8 cm³/mol. The molecule has 2 nitrogen and oxygen atoms in total. The topological polar surface area (TPSA) is 33.0 Å². The Morgan fingerprint density at radius 2 is 1.68 bits per heavy atom. The minimum atomic E-state index is -1.21. The molecule has 0 amide bonds. The molecule has 0 aliphatic heterocycles. The summed E-state index contributed by atoms with van der Waals surface area (Å²) in [6, 6.07) is 4.03. The summed E-state index contributed by atoms with van der Waals surface area (Å²) in [6.45, 7) is -0.513. The Kier molecular flexibility index (Phi) is 4.79. The van der Waals surface area contributed by atoms with E-state index in [1.54, 1.807) is 0 Å². The van der Waals surface area contributed by atoms with Crippen molar-refractivity contribution in [3.8, 4) is 11.8 Å². The fourth-order valence-corrected chi connectivity index (χ4v) is 2.02. The molecule has 0 saturated heterocycles. The first-order chi connectivity index (χ1) is 10.4. The second kappa shape index (κ2) is 6.42. The third kappa shape index (κ3) is 2.96. The van der Waals surface area contributed by atoms with Crippen molar-refractivity contribution >= 4 is 23.2 Å². The first kappa shape index (κ1) is 16.4. The summed E-state index contributed by atoms with van der Waals surface area (Å²) in [5.74, 6) is -4.85.